The van der Waals surface area contributed by atoms with E-state index in [1.54, 1.807) is 19.5 Å². The molecular weight excluding hydrogens is 188 g/mol. The van der Waals surface area contributed by atoms with E-state index in [2.05, 4.69) is 0 Å². The molecule has 0 radical (unpaired) electrons. The number of nitrogens with one attached hydrogen (secondary N) is 1. The highest BCUT2D eigenvalue weighted by Crippen LogP contribution is 2.13. The van der Waals surface area contributed by atoms with Gasteiger partial charge in [-0.25, -0.2) is 5.48 Å². The molecule has 2 atom stereocenters. The third kappa shape index (κ3) is 2.42. The van der Waals surface area contributed by atoms with Crippen LogP contribution in [0.25, 0.3) is 0 Å². The Balaban J connectivity index is 2.65. The average molecular weight is 204 g/mol. The molecule has 1 fully saturated rings. The lowest BCUT2D eigenvalue weighted by molar-refractivity contribution is -0.153. The minimum Gasteiger partial charge on any atom is -0.375 e. The number of carbonyl (C=O) groups excluding carboxylic acids is 1. The second-order valence-corrected chi connectivity index (χ2v) is 3.23. The predicted molar refractivity (Wildman–Crippen MR) is 47.7 cm³/mol. The Morgan fingerprint density at radius 2 is 2.50 bits per heavy atom. The van der Waals surface area contributed by atoms with Crippen molar-refractivity contribution in [2.45, 2.75) is 19.1 Å². The number of rotatable bonds is 3. The van der Waals surface area contributed by atoms with Crippen molar-refractivity contribution in [2.24, 2.45) is 0 Å². The maximum absolute atomic E-state index is 11.3. The highest BCUT2D eigenvalue weighted by Gasteiger charge is 2.34. The first-order valence-electron chi connectivity index (χ1n) is 4.49. The van der Waals surface area contributed by atoms with E-state index in [0.717, 1.165) is 0 Å². The molecule has 82 valence electrons. The van der Waals surface area contributed by atoms with Crippen molar-refractivity contribution in [1.82, 2.24) is 10.4 Å². The van der Waals surface area contributed by atoms with Crippen molar-refractivity contribution >= 4 is 5.91 Å². The molecule has 14 heavy (non-hydrogen) atoms. The lowest BCUT2D eigenvalue weighted by Crippen LogP contribution is -2.57. The van der Waals surface area contributed by atoms with Gasteiger partial charge in [0.1, 0.15) is 6.04 Å². The summed E-state index contributed by atoms with van der Waals surface area (Å²) in [6.45, 7) is 3.34. The first-order chi connectivity index (χ1) is 6.70. The monoisotopic (exact) mass is 204 g/mol. The summed E-state index contributed by atoms with van der Waals surface area (Å²) in [6.07, 6.45) is -0.244. The van der Waals surface area contributed by atoms with Crippen LogP contribution in [0.3, 0.4) is 0 Å². The molecule has 1 aliphatic heterocycles. The van der Waals surface area contributed by atoms with Gasteiger partial charge in [0.15, 0.2) is 0 Å². The van der Waals surface area contributed by atoms with Crippen molar-refractivity contribution in [3.05, 3.63) is 0 Å². The molecule has 0 bridgehead atoms. The van der Waals surface area contributed by atoms with Crippen LogP contribution in [-0.4, -0.2) is 55.2 Å². The van der Waals surface area contributed by atoms with Crippen LogP contribution in [0.1, 0.15) is 6.92 Å². The summed E-state index contributed by atoms with van der Waals surface area (Å²) in [5.74, 6) is -0.464. The molecule has 1 aliphatic rings. The van der Waals surface area contributed by atoms with E-state index < -0.39 is 11.9 Å². The zero-order chi connectivity index (χ0) is 10.6. The lowest BCUT2D eigenvalue weighted by Gasteiger charge is -2.37. The van der Waals surface area contributed by atoms with Crippen molar-refractivity contribution < 1.29 is 19.5 Å². The number of ether oxygens (including phenoxy) is 2. The molecule has 0 aliphatic carbocycles. The van der Waals surface area contributed by atoms with Gasteiger partial charge in [-0.3, -0.25) is 14.9 Å². The molecule has 0 spiro atoms. The van der Waals surface area contributed by atoms with E-state index in [4.69, 9.17) is 14.7 Å². The Kier molecular flexibility index (Phi) is 4.27. The van der Waals surface area contributed by atoms with Crippen LogP contribution < -0.4 is 5.48 Å². The summed E-state index contributed by atoms with van der Waals surface area (Å²) in [7, 11) is 1.56. The van der Waals surface area contributed by atoms with Crippen molar-refractivity contribution in [3.8, 4) is 0 Å². The van der Waals surface area contributed by atoms with E-state index in [0.29, 0.717) is 19.9 Å². The third-order valence-electron chi connectivity index (χ3n) is 2.27. The molecule has 1 amide bonds. The smallest absolute Gasteiger partial charge is 0.263 e. The molecule has 1 heterocycles. The normalized spacial score (nSPS) is 28.8. The van der Waals surface area contributed by atoms with Crippen LogP contribution in [-0.2, 0) is 14.3 Å². The average Bonchev–Trinajstić information content (AvgIpc) is 2.18. The number of amides is 1. The Bertz CT molecular complexity index is 198. The number of methoxy groups -OCH3 is 1. The first kappa shape index (κ1) is 11.4. The molecule has 0 aromatic carbocycles. The maximum Gasteiger partial charge on any atom is 0.263 e. The molecule has 1 rings (SSSR count). The van der Waals surface area contributed by atoms with Crippen molar-refractivity contribution in [2.75, 3.05) is 27.0 Å². The fourth-order valence-corrected chi connectivity index (χ4v) is 1.64. The zero-order valence-electron chi connectivity index (χ0n) is 8.40. The molecule has 0 aromatic rings. The second kappa shape index (κ2) is 5.26. The molecule has 6 heteroatoms. The van der Waals surface area contributed by atoms with E-state index in [-0.39, 0.29) is 6.10 Å². The van der Waals surface area contributed by atoms with Gasteiger partial charge >= 0.3 is 0 Å². The first-order valence-corrected chi connectivity index (χ1v) is 4.49. The fourth-order valence-electron chi connectivity index (χ4n) is 1.64. The third-order valence-corrected chi connectivity index (χ3v) is 2.27. The molecular formula is C8H16N2O4. The Hall–Kier alpha value is -0.690. The largest absolute Gasteiger partial charge is 0.375 e. The van der Waals surface area contributed by atoms with Gasteiger partial charge in [0.05, 0.1) is 19.4 Å². The highest BCUT2D eigenvalue weighted by molar-refractivity contribution is 5.81. The highest BCUT2D eigenvalue weighted by atomic mass is 16.5. The minimum absolute atomic E-state index is 0.244. The van der Waals surface area contributed by atoms with Gasteiger partial charge in [0.2, 0.25) is 0 Å². The molecule has 1 saturated heterocycles. The number of hydrogen-bond donors (Lipinski definition) is 2. The quantitative estimate of drug-likeness (QED) is 0.464. The van der Waals surface area contributed by atoms with Crippen LogP contribution in [0.4, 0.5) is 0 Å². The van der Waals surface area contributed by atoms with Crippen molar-refractivity contribution in [1.29, 1.82) is 0 Å². The minimum atomic E-state index is -0.492. The van der Waals surface area contributed by atoms with Gasteiger partial charge in [-0.2, -0.15) is 0 Å². The molecule has 0 saturated carbocycles. The molecule has 0 aromatic heterocycles. The lowest BCUT2D eigenvalue weighted by atomic mass is 10.1. The summed E-state index contributed by atoms with van der Waals surface area (Å²) in [6, 6.07) is -0.492. The van der Waals surface area contributed by atoms with Crippen molar-refractivity contribution in [3.63, 3.8) is 0 Å². The van der Waals surface area contributed by atoms with Gasteiger partial charge in [-0.15, -0.1) is 0 Å². The summed E-state index contributed by atoms with van der Waals surface area (Å²) in [5.41, 5.74) is 1.64. The van der Waals surface area contributed by atoms with Gasteiger partial charge in [-0.1, -0.05) is 0 Å². The molecule has 2 unspecified atom stereocenters. The van der Waals surface area contributed by atoms with Gasteiger partial charge < -0.3 is 9.47 Å². The number of carbonyl (C=O) groups is 1. The van der Waals surface area contributed by atoms with Crippen LogP contribution in [0.5, 0.6) is 0 Å². The number of hydrogen-bond acceptors (Lipinski definition) is 5. The predicted octanol–water partition coefficient (Wildman–Crippen LogP) is -0.815. The SMILES string of the molecule is COCN1CCOC(C)C1C(=O)NO. The number of nitrogens with zero attached hydrogens (tertiary/aromatic N) is 1. The number of morpholine rings is 1. The summed E-state index contributed by atoms with van der Waals surface area (Å²) < 4.78 is 10.3. The summed E-state index contributed by atoms with van der Waals surface area (Å²) in [5, 5.41) is 8.57. The Labute approximate surface area is 82.7 Å². The Morgan fingerprint density at radius 3 is 3.07 bits per heavy atom. The van der Waals surface area contributed by atoms with Crippen LogP contribution in [0.15, 0.2) is 0 Å². The standard InChI is InChI=1S/C8H16N2O4/c1-6-7(8(11)9-12)10(5-13-2)3-4-14-6/h6-7,12H,3-5H2,1-2H3,(H,9,11). The van der Waals surface area contributed by atoms with Crippen LogP contribution in [0.2, 0.25) is 0 Å². The van der Waals surface area contributed by atoms with Crippen LogP contribution in [0, 0.1) is 0 Å². The second-order valence-electron chi connectivity index (χ2n) is 3.23. The zero-order valence-corrected chi connectivity index (χ0v) is 8.40. The Morgan fingerprint density at radius 1 is 1.79 bits per heavy atom. The van der Waals surface area contributed by atoms with Gasteiger partial charge in [0, 0.05) is 13.7 Å². The van der Waals surface area contributed by atoms with E-state index in [1.807, 2.05) is 4.90 Å². The van der Waals surface area contributed by atoms with Crippen LogP contribution >= 0.6 is 0 Å². The van der Waals surface area contributed by atoms with Gasteiger partial charge in [-0.05, 0) is 6.92 Å². The summed E-state index contributed by atoms with van der Waals surface area (Å²) in [4.78, 5) is 13.1. The molecule has 6 nitrogen and oxygen atoms in total. The van der Waals surface area contributed by atoms with E-state index in [1.165, 1.54) is 0 Å². The number of hydroxylamine groups is 1. The fraction of sp³-hybridized carbons (Fsp3) is 0.875. The summed E-state index contributed by atoms with van der Waals surface area (Å²) >= 11 is 0. The topological polar surface area (TPSA) is 71.0 Å². The molecule has 2 N–H and O–H groups in total. The van der Waals surface area contributed by atoms with E-state index in [9.17, 15) is 4.79 Å². The van der Waals surface area contributed by atoms with E-state index >= 15 is 0 Å². The van der Waals surface area contributed by atoms with Gasteiger partial charge in [0.25, 0.3) is 5.91 Å². The maximum atomic E-state index is 11.3.